The fourth-order valence-electron chi connectivity index (χ4n) is 2.89. The van der Waals surface area contributed by atoms with Crippen LogP contribution in [0.25, 0.3) is 0 Å². The first-order valence-electron chi connectivity index (χ1n) is 8.36. The number of nitrogens with one attached hydrogen (secondary N) is 1. The van der Waals surface area contributed by atoms with E-state index in [0.29, 0.717) is 12.1 Å². The third-order valence-corrected chi connectivity index (χ3v) is 4.04. The van der Waals surface area contributed by atoms with Crippen LogP contribution in [0.4, 0.5) is 0 Å². The summed E-state index contributed by atoms with van der Waals surface area (Å²) in [6, 6.07) is 1.40. The largest absolute Gasteiger partial charge is 0.380 e. The average molecular weight is 270 g/mol. The van der Waals surface area contributed by atoms with Gasteiger partial charge < -0.3 is 10.1 Å². The van der Waals surface area contributed by atoms with Gasteiger partial charge in [-0.2, -0.15) is 0 Å². The van der Waals surface area contributed by atoms with Gasteiger partial charge >= 0.3 is 0 Å². The number of piperazine rings is 1. The monoisotopic (exact) mass is 270 g/mol. The molecule has 0 aromatic heterocycles. The van der Waals surface area contributed by atoms with Crippen LogP contribution in [0.2, 0.25) is 0 Å². The number of hydrogen-bond donors (Lipinski definition) is 1. The molecule has 2 atom stereocenters. The maximum absolute atomic E-state index is 5.74. The molecular weight excluding hydrogens is 236 g/mol. The summed E-state index contributed by atoms with van der Waals surface area (Å²) in [5, 5.41) is 3.71. The molecule has 1 rings (SSSR count). The van der Waals surface area contributed by atoms with E-state index in [1.54, 1.807) is 0 Å². The normalized spacial score (nSPS) is 24.8. The molecule has 0 saturated carbocycles. The Hall–Kier alpha value is -0.120. The molecule has 3 heteroatoms. The van der Waals surface area contributed by atoms with Gasteiger partial charge in [0.05, 0.1) is 6.61 Å². The molecule has 1 saturated heterocycles. The highest BCUT2D eigenvalue weighted by Gasteiger charge is 2.26. The highest BCUT2D eigenvalue weighted by atomic mass is 16.5. The first-order chi connectivity index (χ1) is 9.31. The molecule has 0 spiro atoms. The van der Waals surface area contributed by atoms with Crippen molar-refractivity contribution in [3.63, 3.8) is 0 Å². The zero-order chi connectivity index (χ0) is 13.9. The Balaban J connectivity index is 2.29. The van der Waals surface area contributed by atoms with E-state index in [-0.39, 0.29) is 0 Å². The van der Waals surface area contributed by atoms with Crippen molar-refractivity contribution in [2.45, 2.75) is 71.4 Å². The molecule has 0 aromatic carbocycles. The lowest BCUT2D eigenvalue weighted by Gasteiger charge is -2.40. The third-order valence-electron chi connectivity index (χ3n) is 4.04. The summed E-state index contributed by atoms with van der Waals surface area (Å²) < 4.78 is 5.74. The van der Waals surface area contributed by atoms with Crippen molar-refractivity contribution in [3.8, 4) is 0 Å². The summed E-state index contributed by atoms with van der Waals surface area (Å²) >= 11 is 0. The van der Waals surface area contributed by atoms with Gasteiger partial charge in [0.15, 0.2) is 0 Å². The minimum Gasteiger partial charge on any atom is -0.380 e. The number of unbranched alkanes of at least 4 members (excludes halogenated alkanes) is 1. The average Bonchev–Trinajstić information content (AvgIpc) is 2.42. The lowest BCUT2D eigenvalue weighted by molar-refractivity contribution is 0.0601. The fourth-order valence-corrected chi connectivity index (χ4v) is 2.89. The predicted octanol–water partition coefficient (Wildman–Crippen LogP) is 3.05. The minimum absolute atomic E-state index is 0.689. The first kappa shape index (κ1) is 16.9. The molecule has 3 nitrogen and oxygen atoms in total. The molecule has 0 bridgehead atoms. The molecular formula is C16H34N2O. The van der Waals surface area contributed by atoms with E-state index in [2.05, 4.69) is 31.0 Å². The fraction of sp³-hybridized carbons (Fsp3) is 1.00. The number of hydrogen-bond acceptors (Lipinski definition) is 3. The quantitative estimate of drug-likeness (QED) is 0.618. The Kier molecular flexibility index (Phi) is 9.48. The van der Waals surface area contributed by atoms with Crippen molar-refractivity contribution in [2.75, 3.05) is 32.8 Å². The molecule has 114 valence electrons. The number of nitrogens with zero attached hydrogens (tertiary/aromatic N) is 1. The molecule has 0 aromatic rings. The van der Waals surface area contributed by atoms with Crippen molar-refractivity contribution in [3.05, 3.63) is 0 Å². The third kappa shape index (κ3) is 6.73. The SMILES string of the molecule is CCCCOCCN1CC(CCC)NCC1CCC. The van der Waals surface area contributed by atoms with E-state index < -0.39 is 0 Å². The Labute approximate surface area is 120 Å². The van der Waals surface area contributed by atoms with Crippen molar-refractivity contribution >= 4 is 0 Å². The van der Waals surface area contributed by atoms with Gasteiger partial charge in [-0.3, -0.25) is 4.90 Å². The van der Waals surface area contributed by atoms with E-state index >= 15 is 0 Å². The second-order valence-electron chi connectivity index (χ2n) is 5.80. The maximum Gasteiger partial charge on any atom is 0.0593 e. The molecule has 2 unspecified atom stereocenters. The summed E-state index contributed by atoms with van der Waals surface area (Å²) in [6.45, 7) is 12.1. The predicted molar refractivity (Wildman–Crippen MR) is 82.7 cm³/mol. The van der Waals surface area contributed by atoms with E-state index in [0.717, 1.165) is 26.3 Å². The summed E-state index contributed by atoms with van der Waals surface area (Å²) in [7, 11) is 0. The highest BCUT2D eigenvalue weighted by Crippen LogP contribution is 2.14. The van der Waals surface area contributed by atoms with Crippen LogP contribution in [0, 0.1) is 0 Å². The zero-order valence-corrected chi connectivity index (χ0v) is 13.3. The van der Waals surface area contributed by atoms with E-state index in [1.165, 1.54) is 45.1 Å². The summed E-state index contributed by atoms with van der Waals surface area (Å²) in [4.78, 5) is 2.66. The molecule has 1 heterocycles. The summed E-state index contributed by atoms with van der Waals surface area (Å²) in [6.07, 6.45) is 7.57. The van der Waals surface area contributed by atoms with Crippen LogP contribution < -0.4 is 5.32 Å². The van der Waals surface area contributed by atoms with Crippen LogP contribution in [-0.4, -0.2) is 49.8 Å². The Morgan fingerprint density at radius 2 is 1.84 bits per heavy atom. The van der Waals surface area contributed by atoms with Gasteiger partial charge in [0, 0.05) is 38.3 Å². The topological polar surface area (TPSA) is 24.5 Å². The Morgan fingerprint density at radius 1 is 1.05 bits per heavy atom. The molecule has 0 radical (unpaired) electrons. The molecule has 1 fully saturated rings. The molecule has 19 heavy (non-hydrogen) atoms. The molecule has 1 aliphatic heterocycles. The van der Waals surface area contributed by atoms with Gasteiger partial charge in [0.2, 0.25) is 0 Å². The van der Waals surface area contributed by atoms with E-state index in [1.807, 2.05) is 0 Å². The Bertz CT molecular complexity index is 211. The highest BCUT2D eigenvalue weighted by molar-refractivity contribution is 4.85. The van der Waals surface area contributed by atoms with Crippen LogP contribution >= 0.6 is 0 Å². The van der Waals surface area contributed by atoms with Gasteiger partial charge in [-0.25, -0.2) is 0 Å². The maximum atomic E-state index is 5.74. The van der Waals surface area contributed by atoms with Gasteiger partial charge in [0.1, 0.15) is 0 Å². The van der Waals surface area contributed by atoms with Crippen LogP contribution in [0.15, 0.2) is 0 Å². The van der Waals surface area contributed by atoms with Crippen molar-refractivity contribution in [1.29, 1.82) is 0 Å². The van der Waals surface area contributed by atoms with Crippen molar-refractivity contribution in [2.24, 2.45) is 0 Å². The standard InChI is InChI=1S/C16H34N2O/c1-4-7-11-19-12-10-18-14-15(8-5-2)17-13-16(18)9-6-3/h15-17H,4-14H2,1-3H3. The molecule has 1 aliphatic rings. The zero-order valence-electron chi connectivity index (χ0n) is 13.3. The second kappa shape index (κ2) is 10.6. The van der Waals surface area contributed by atoms with E-state index in [4.69, 9.17) is 4.74 Å². The number of rotatable bonds is 10. The minimum atomic E-state index is 0.689. The first-order valence-corrected chi connectivity index (χ1v) is 8.36. The van der Waals surface area contributed by atoms with Gasteiger partial charge in [-0.05, 0) is 19.3 Å². The van der Waals surface area contributed by atoms with Crippen LogP contribution in [0.1, 0.15) is 59.3 Å². The summed E-state index contributed by atoms with van der Waals surface area (Å²) in [5.41, 5.74) is 0. The van der Waals surface area contributed by atoms with E-state index in [9.17, 15) is 0 Å². The van der Waals surface area contributed by atoms with Gasteiger partial charge in [0.25, 0.3) is 0 Å². The second-order valence-corrected chi connectivity index (χ2v) is 5.80. The van der Waals surface area contributed by atoms with Crippen LogP contribution in [0.5, 0.6) is 0 Å². The summed E-state index contributed by atoms with van der Waals surface area (Å²) in [5.74, 6) is 0. The Morgan fingerprint density at radius 3 is 2.53 bits per heavy atom. The van der Waals surface area contributed by atoms with Gasteiger partial charge in [-0.1, -0.05) is 40.0 Å². The molecule has 1 N–H and O–H groups in total. The smallest absolute Gasteiger partial charge is 0.0593 e. The van der Waals surface area contributed by atoms with Crippen molar-refractivity contribution in [1.82, 2.24) is 10.2 Å². The lowest BCUT2D eigenvalue weighted by Crippen LogP contribution is -2.57. The number of ether oxygens (including phenoxy) is 1. The molecule has 0 amide bonds. The molecule has 0 aliphatic carbocycles. The van der Waals surface area contributed by atoms with Crippen LogP contribution in [0.3, 0.4) is 0 Å². The lowest BCUT2D eigenvalue weighted by atomic mass is 10.0. The van der Waals surface area contributed by atoms with Crippen LogP contribution in [-0.2, 0) is 4.74 Å². The van der Waals surface area contributed by atoms with Crippen molar-refractivity contribution < 1.29 is 4.74 Å². The van der Waals surface area contributed by atoms with Gasteiger partial charge in [-0.15, -0.1) is 0 Å².